The summed E-state index contributed by atoms with van der Waals surface area (Å²) in [6.07, 6.45) is 6.64. The molecule has 1 aromatic heterocycles. The second-order valence-corrected chi connectivity index (χ2v) is 4.74. The number of nitrogens with one attached hydrogen (secondary N) is 1. The number of hydrazone groups is 1. The Balaban J connectivity index is 1.62. The molecule has 0 amide bonds. The summed E-state index contributed by atoms with van der Waals surface area (Å²) in [5, 5.41) is 4.21. The van der Waals surface area contributed by atoms with Crippen molar-refractivity contribution < 1.29 is 0 Å². The van der Waals surface area contributed by atoms with Gasteiger partial charge in [0.1, 0.15) is 6.33 Å². The molecule has 0 bridgehead atoms. The minimum atomic E-state index is 0.796. The van der Waals surface area contributed by atoms with Crippen molar-refractivity contribution in [3.63, 3.8) is 0 Å². The Bertz CT molecular complexity index is 829. The van der Waals surface area contributed by atoms with Gasteiger partial charge in [-0.25, -0.2) is 9.97 Å². The number of hydrogen-bond donors (Lipinski definition) is 1. The quantitative estimate of drug-likeness (QED) is 0.458. The summed E-state index contributed by atoms with van der Waals surface area (Å²) in [6, 6.07) is 17.7. The molecule has 0 saturated heterocycles. The van der Waals surface area contributed by atoms with Crippen LogP contribution in [0.3, 0.4) is 0 Å². The average Bonchev–Trinajstić information content (AvgIpc) is 2.63. The summed E-state index contributed by atoms with van der Waals surface area (Å²) < 4.78 is 0. The van der Waals surface area contributed by atoms with Crippen molar-refractivity contribution in [3.8, 4) is 11.8 Å². The first-order valence-corrected chi connectivity index (χ1v) is 7.11. The van der Waals surface area contributed by atoms with Gasteiger partial charge in [0, 0.05) is 18.0 Å². The van der Waals surface area contributed by atoms with E-state index in [9.17, 15) is 0 Å². The van der Waals surface area contributed by atoms with Gasteiger partial charge in [0.2, 0.25) is 0 Å². The van der Waals surface area contributed by atoms with Crippen LogP contribution in [0, 0.1) is 11.8 Å². The monoisotopic (exact) mass is 298 g/mol. The van der Waals surface area contributed by atoms with Crippen LogP contribution in [0.25, 0.3) is 0 Å². The fourth-order valence-electron chi connectivity index (χ4n) is 1.85. The molecular weight excluding hydrogens is 284 g/mol. The molecule has 0 radical (unpaired) electrons. The summed E-state index contributed by atoms with van der Waals surface area (Å²) in [4.78, 5) is 7.86. The van der Waals surface area contributed by atoms with E-state index in [1.165, 1.54) is 6.33 Å². The summed E-state index contributed by atoms with van der Waals surface area (Å²) >= 11 is 0. The van der Waals surface area contributed by atoms with E-state index in [2.05, 4.69) is 32.3 Å². The van der Waals surface area contributed by atoms with E-state index in [-0.39, 0.29) is 0 Å². The molecule has 4 nitrogen and oxygen atoms in total. The fourth-order valence-corrected chi connectivity index (χ4v) is 1.85. The number of benzene rings is 2. The van der Waals surface area contributed by atoms with Crippen LogP contribution in [-0.2, 0) is 0 Å². The smallest absolute Gasteiger partial charge is 0.115 e. The third-order valence-corrected chi connectivity index (χ3v) is 3.00. The third-order valence-electron chi connectivity index (χ3n) is 3.00. The van der Waals surface area contributed by atoms with Gasteiger partial charge in [0.05, 0.1) is 17.5 Å². The minimum absolute atomic E-state index is 0.796. The number of hydrogen-bond acceptors (Lipinski definition) is 4. The van der Waals surface area contributed by atoms with E-state index in [0.717, 1.165) is 22.4 Å². The highest BCUT2D eigenvalue weighted by Gasteiger charge is 1.90. The lowest BCUT2D eigenvalue weighted by Crippen LogP contribution is -1.90. The summed E-state index contributed by atoms with van der Waals surface area (Å²) in [6.45, 7) is 0. The van der Waals surface area contributed by atoms with Gasteiger partial charge >= 0.3 is 0 Å². The molecule has 1 N–H and O–H groups in total. The number of aromatic nitrogens is 2. The van der Waals surface area contributed by atoms with Gasteiger partial charge in [-0.15, -0.1) is 0 Å². The zero-order valence-corrected chi connectivity index (χ0v) is 12.3. The molecule has 0 spiro atoms. The van der Waals surface area contributed by atoms with E-state index in [4.69, 9.17) is 0 Å². The first-order chi connectivity index (χ1) is 11.4. The number of para-hydroxylation sites is 1. The van der Waals surface area contributed by atoms with Gasteiger partial charge in [-0.05, 0) is 29.8 Å². The van der Waals surface area contributed by atoms with E-state index in [1.807, 2.05) is 54.6 Å². The van der Waals surface area contributed by atoms with Crippen LogP contribution in [0.2, 0.25) is 0 Å². The molecule has 4 heteroatoms. The minimum Gasteiger partial charge on any atom is -0.279 e. The highest BCUT2D eigenvalue weighted by atomic mass is 15.3. The fraction of sp³-hybridized carbons (Fsp3) is 0. The van der Waals surface area contributed by atoms with Gasteiger partial charge in [-0.1, -0.05) is 42.2 Å². The number of rotatable bonds is 3. The van der Waals surface area contributed by atoms with Gasteiger partial charge in [-0.3, -0.25) is 5.43 Å². The van der Waals surface area contributed by atoms with Crippen molar-refractivity contribution in [2.75, 3.05) is 5.43 Å². The lowest BCUT2D eigenvalue weighted by Gasteiger charge is -1.98. The highest BCUT2D eigenvalue weighted by molar-refractivity contribution is 5.80. The Morgan fingerprint density at radius 2 is 1.52 bits per heavy atom. The predicted octanol–water partition coefficient (Wildman–Crippen LogP) is 3.32. The van der Waals surface area contributed by atoms with Crippen LogP contribution in [0.1, 0.15) is 16.7 Å². The van der Waals surface area contributed by atoms with Crippen molar-refractivity contribution in [2.45, 2.75) is 0 Å². The lowest BCUT2D eigenvalue weighted by atomic mass is 10.1. The van der Waals surface area contributed by atoms with Crippen molar-refractivity contribution in [3.05, 3.63) is 90.0 Å². The average molecular weight is 298 g/mol. The predicted molar refractivity (Wildman–Crippen MR) is 92.1 cm³/mol. The summed E-state index contributed by atoms with van der Waals surface area (Å²) in [7, 11) is 0. The van der Waals surface area contributed by atoms with Crippen LogP contribution in [0.4, 0.5) is 5.69 Å². The van der Waals surface area contributed by atoms with Crippen LogP contribution in [0.5, 0.6) is 0 Å². The second-order valence-electron chi connectivity index (χ2n) is 4.74. The number of anilines is 1. The molecule has 0 aliphatic carbocycles. The van der Waals surface area contributed by atoms with E-state index < -0.39 is 0 Å². The Labute approximate surface area is 134 Å². The molecule has 0 fully saturated rings. The molecule has 0 saturated carbocycles. The zero-order valence-electron chi connectivity index (χ0n) is 12.3. The molecule has 2 aromatic carbocycles. The van der Waals surface area contributed by atoms with Crippen LogP contribution >= 0.6 is 0 Å². The standard InChI is InChI=1S/C19H14N4/c1-2-4-19(5-3-1)23-22-14-17-9-6-16(7-10-17)8-11-18-12-20-15-21-13-18/h1-7,9-10,12-15,23H. The van der Waals surface area contributed by atoms with E-state index in [0.29, 0.717) is 0 Å². The van der Waals surface area contributed by atoms with Crippen LogP contribution in [0.15, 0.2) is 78.4 Å². The topological polar surface area (TPSA) is 50.2 Å². The first kappa shape index (κ1) is 14.5. The van der Waals surface area contributed by atoms with Gasteiger partial charge in [0.15, 0.2) is 0 Å². The molecule has 110 valence electrons. The molecule has 0 aliphatic heterocycles. The van der Waals surface area contributed by atoms with Crippen LogP contribution in [-0.4, -0.2) is 16.2 Å². The maximum absolute atomic E-state index is 4.21. The second kappa shape index (κ2) is 7.53. The molecule has 1 heterocycles. The molecule has 3 aromatic rings. The normalized spacial score (nSPS) is 10.1. The first-order valence-electron chi connectivity index (χ1n) is 7.11. The summed E-state index contributed by atoms with van der Waals surface area (Å²) in [5.74, 6) is 6.10. The third kappa shape index (κ3) is 4.51. The molecule has 0 atom stereocenters. The summed E-state index contributed by atoms with van der Waals surface area (Å²) in [5.41, 5.74) is 6.67. The molecule has 23 heavy (non-hydrogen) atoms. The highest BCUT2D eigenvalue weighted by Crippen LogP contribution is 2.05. The molecule has 0 unspecified atom stereocenters. The van der Waals surface area contributed by atoms with E-state index >= 15 is 0 Å². The molecular formula is C19H14N4. The van der Waals surface area contributed by atoms with Gasteiger partial charge in [0.25, 0.3) is 0 Å². The van der Waals surface area contributed by atoms with Crippen LogP contribution < -0.4 is 5.43 Å². The van der Waals surface area contributed by atoms with Crippen molar-refractivity contribution >= 4 is 11.9 Å². The van der Waals surface area contributed by atoms with Crippen molar-refractivity contribution in [1.29, 1.82) is 0 Å². The number of nitrogens with zero attached hydrogens (tertiary/aromatic N) is 3. The molecule has 3 rings (SSSR count). The lowest BCUT2D eigenvalue weighted by molar-refractivity contribution is 1.16. The van der Waals surface area contributed by atoms with Crippen molar-refractivity contribution in [1.82, 2.24) is 9.97 Å². The zero-order chi connectivity index (χ0) is 15.7. The van der Waals surface area contributed by atoms with E-state index in [1.54, 1.807) is 18.6 Å². The van der Waals surface area contributed by atoms with Crippen molar-refractivity contribution in [2.24, 2.45) is 5.10 Å². The largest absolute Gasteiger partial charge is 0.279 e. The Morgan fingerprint density at radius 1 is 0.826 bits per heavy atom. The molecule has 0 aliphatic rings. The SMILES string of the molecule is C(#Cc1cncnc1)c1ccc(C=NNc2ccccc2)cc1. The van der Waals surface area contributed by atoms with Gasteiger partial charge in [-0.2, -0.15) is 5.10 Å². The maximum Gasteiger partial charge on any atom is 0.115 e. The maximum atomic E-state index is 4.21. The Hall–Kier alpha value is -3.45. The Kier molecular flexibility index (Phi) is 4.74. The Morgan fingerprint density at radius 3 is 2.26 bits per heavy atom. The van der Waals surface area contributed by atoms with Gasteiger partial charge < -0.3 is 0 Å².